The number of rotatable bonds is 9. The van der Waals surface area contributed by atoms with Gasteiger partial charge in [-0.2, -0.15) is 8.78 Å². The summed E-state index contributed by atoms with van der Waals surface area (Å²) in [5, 5.41) is 5.67. The quantitative estimate of drug-likeness (QED) is 0.204. The number of carbonyl (C=O) groups excluding carboxylic acids is 2. The zero-order valence-corrected chi connectivity index (χ0v) is 22.2. The predicted octanol–water partition coefficient (Wildman–Crippen LogP) is 5.73. The Morgan fingerprint density at radius 1 is 0.949 bits per heavy atom. The zero-order valence-electron chi connectivity index (χ0n) is 21.4. The summed E-state index contributed by atoms with van der Waals surface area (Å²) in [5.74, 6) is -3.93. The Morgan fingerprint density at radius 2 is 1.59 bits per heavy atom. The Kier molecular flexibility index (Phi) is 8.50. The molecule has 0 radical (unpaired) electrons. The van der Waals surface area contributed by atoms with Gasteiger partial charge in [-0.15, -0.1) is 0 Å². The lowest BCUT2D eigenvalue weighted by molar-refractivity contribution is -0.123. The number of hydrogen-bond acceptors (Lipinski definition) is 6. The summed E-state index contributed by atoms with van der Waals surface area (Å²) in [4.78, 5) is 39.4. The van der Waals surface area contributed by atoms with E-state index in [0.717, 1.165) is 0 Å². The van der Waals surface area contributed by atoms with E-state index in [-0.39, 0.29) is 11.3 Å². The van der Waals surface area contributed by atoms with E-state index in [9.17, 15) is 23.2 Å². The molecule has 0 aliphatic heterocycles. The lowest BCUT2D eigenvalue weighted by Crippen LogP contribution is -2.32. The van der Waals surface area contributed by atoms with Gasteiger partial charge in [0.2, 0.25) is 0 Å². The van der Waals surface area contributed by atoms with E-state index in [1.165, 1.54) is 17.7 Å². The summed E-state index contributed by atoms with van der Waals surface area (Å²) in [6.45, 7) is 3.12. The fraction of sp³-hybridized carbons (Fsp3) is 0.179. The summed E-state index contributed by atoms with van der Waals surface area (Å²) < 4.78 is 33.6. The molecule has 0 aliphatic carbocycles. The normalized spacial score (nSPS) is 11.7. The van der Waals surface area contributed by atoms with Crippen LogP contribution in [0.25, 0.3) is 5.69 Å². The van der Waals surface area contributed by atoms with Crippen molar-refractivity contribution in [1.29, 1.82) is 0 Å². The molecule has 0 fully saturated rings. The Hall–Kier alpha value is -4.38. The van der Waals surface area contributed by atoms with Gasteiger partial charge in [-0.1, -0.05) is 42.1 Å². The lowest BCUT2D eigenvalue weighted by Gasteiger charge is -2.15. The maximum atomic E-state index is 13.1. The molecule has 0 spiro atoms. The molecule has 11 heteroatoms. The maximum Gasteiger partial charge on any atom is 0.341 e. The molecular formula is C28H26F2N4O4S. The van der Waals surface area contributed by atoms with Crippen LogP contribution in [0.15, 0.2) is 88.6 Å². The van der Waals surface area contributed by atoms with Crippen molar-refractivity contribution >= 4 is 40.7 Å². The van der Waals surface area contributed by atoms with E-state index >= 15 is 0 Å². The van der Waals surface area contributed by atoms with E-state index in [2.05, 4.69) is 10.6 Å². The minimum atomic E-state index is -2.52. The van der Waals surface area contributed by atoms with Crippen molar-refractivity contribution in [3.63, 3.8) is 0 Å². The summed E-state index contributed by atoms with van der Waals surface area (Å²) >= 11 is 0.439. The third-order valence-electron chi connectivity index (χ3n) is 5.96. The Balaban J connectivity index is 1.46. The van der Waals surface area contributed by atoms with Crippen molar-refractivity contribution < 1.29 is 23.1 Å². The number of nitrogens with zero attached hydrogens (tertiary/aromatic N) is 2. The number of thioether (sulfide) groups is 1. The van der Waals surface area contributed by atoms with Gasteiger partial charge in [0.05, 0.1) is 22.6 Å². The number of aromatic nitrogens is 2. The van der Waals surface area contributed by atoms with Crippen molar-refractivity contribution in [3.05, 3.63) is 100 Å². The predicted molar refractivity (Wildman–Crippen MR) is 147 cm³/mol. The van der Waals surface area contributed by atoms with Crippen LogP contribution in [-0.4, -0.2) is 33.1 Å². The van der Waals surface area contributed by atoms with Crippen molar-refractivity contribution in [2.75, 3.05) is 10.6 Å². The van der Waals surface area contributed by atoms with Gasteiger partial charge in [-0.05, 0) is 62.4 Å². The van der Waals surface area contributed by atoms with E-state index in [0.29, 0.717) is 39.4 Å². The van der Waals surface area contributed by atoms with Crippen LogP contribution in [0.4, 0.5) is 25.8 Å². The van der Waals surface area contributed by atoms with Gasteiger partial charge in [0.15, 0.2) is 6.10 Å². The van der Waals surface area contributed by atoms with Gasteiger partial charge in [0.25, 0.3) is 17.2 Å². The van der Waals surface area contributed by atoms with Crippen LogP contribution in [0.2, 0.25) is 0 Å². The number of ether oxygens (including phenoxy) is 1. The molecule has 4 rings (SSSR count). The first-order valence-electron chi connectivity index (χ1n) is 11.9. The summed E-state index contributed by atoms with van der Waals surface area (Å²) in [7, 11) is 1.71. The van der Waals surface area contributed by atoms with Crippen LogP contribution in [-0.2, 0) is 16.6 Å². The van der Waals surface area contributed by atoms with E-state index in [4.69, 9.17) is 4.74 Å². The topological polar surface area (TPSA) is 94.4 Å². The minimum absolute atomic E-state index is 0.0878. The van der Waals surface area contributed by atoms with Gasteiger partial charge >= 0.3 is 5.97 Å². The average molecular weight is 553 g/mol. The van der Waals surface area contributed by atoms with Crippen LogP contribution in [0.5, 0.6) is 0 Å². The highest BCUT2D eigenvalue weighted by molar-refractivity contribution is 7.99. The molecule has 39 heavy (non-hydrogen) atoms. The highest BCUT2D eigenvalue weighted by Gasteiger charge is 2.24. The smallest absolute Gasteiger partial charge is 0.341 e. The number of hydrogen-bond donors (Lipinski definition) is 2. The molecule has 0 saturated heterocycles. The molecule has 8 nitrogen and oxygen atoms in total. The molecule has 0 bridgehead atoms. The fourth-order valence-corrected chi connectivity index (χ4v) is 4.36. The van der Waals surface area contributed by atoms with Crippen LogP contribution < -0.4 is 16.2 Å². The SMILES string of the molecule is Cc1c(NC(=O)C(C)OC(=O)c2ccccc2Nc2ccc(SC(F)F)cc2)c(=O)n(-c2ccccc2)n1C. The van der Waals surface area contributed by atoms with Gasteiger partial charge < -0.3 is 15.4 Å². The first kappa shape index (κ1) is 27.6. The van der Waals surface area contributed by atoms with Crippen LogP contribution in [0.3, 0.4) is 0 Å². The van der Waals surface area contributed by atoms with Crippen LogP contribution >= 0.6 is 11.8 Å². The Labute approximate surface area is 227 Å². The first-order valence-corrected chi connectivity index (χ1v) is 12.8. The van der Waals surface area contributed by atoms with Crippen molar-refractivity contribution in [3.8, 4) is 5.69 Å². The molecule has 1 amide bonds. The van der Waals surface area contributed by atoms with Gasteiger partial charge in [0.1, 0.15) is 5.69 Å². The lowest BCUT2D eigenvalue weighted by atomic mass is 10.1. The number of esters is 1. The highest BCUT2D eigenvalue weighted by Crippen LogP contribution is 2.28. The number of anilines is 3. The molecule has 3 aromatic carbocycles. The number of para-hydroxylation sites is 2. The molecule has 202 valence electrons. The maximum absolute atomic E-state index is 13.1. The second kappa shape index (κ2) is 12.0. The second-order valence-electron chi connectivity index (χ2n) is 8.55. The average Bonchev–Trinajstić information content (AvgIpc) is 3.13. The first-order chi connectivity index (χ1) is 18.7. The molecule has 1 aromatic heterocycles. The van der Waals surface area contributed by atoms with E-state index < -0.39 is 29.3 Å². The molecule has 1 unspecified atom stereocenters. The molecular weight excluding hydrogens is 526 g/mol. The van der Waals surface area contributed by atoms with Crippen LogP contribution in [0.1, 0.15) is 23.0 Å². The number of nitrogens with one attached hydrogen (secondary N) is 2. The largest absolute Gasteiger partial charge is 0.449 e. The van der Waals surface area contributed by atoms with Gasteiger partial charge in [-0.3, -0.25) is 14.3 Å². The molecule has 0 aliphatic rings. The zero-order chi connectivity index (χ0) is 28.1. The summed E-state index contributed by atoms with van der Waals surface area (Å²) in [6.07, 6.45) is -1.21. The third-order valence-corrected chi connectivity index (χ3v) is 6.68. The molecule has 1 heterocycles. The standard InChI is InChI=1S/C28H26F2N4O4S/c1-17-24(26(36)34(33(17)3)20-9-5-4-6-10-20)32-25(35)18(2)38-27(37)22-11-7-8-12-23(22)31-19-13-15-21(16-14-19)39-28(29)30/h4-16,18,28,31H,1-3H3,(H,32,35). The number of halogens is 2. The second-order valence-corrected chi connectivity index (χ2v) is 9.61. The highest BCUT2D eigenvalue weighted by atomic mass is 32.2. The summed E-state index contributed by atoms with van der Waals surface area (Å²) in [6, 6.07) is 21.9. The Morgan fingerprint density at radius 3 is 2.26 bits per heavy atom. The van der Waals surface area contributed by atoms with Gasteiger partial charge in [-0.25, -0.2) is 9.48 Å². The van der Waals surface area contributed by atoms with Crippen molar-refractivity contribution in [2.24, 2.45) is 7.05 Å². The number of amides is 1. The molecule has 2 N–H and O–H groups in total. The monoisotopic (exact) mass is 552 g/mol. The Bertz CT molecular complexity index is 1540. The van der Waals surface area contributed by atoms with Crippen molar-refractivity contribution in [1.82, 2.24) is 9.36 Å². The number of alkyl halides is 2. The fourth-order valence-electron chi connectivity index (χ4n) is 3.86. The third kappa shape index (κ3) is 6.37. The number of carbonyl (C=O) groups is 2. The van der Waals surface area contributed by atoms with Gasteiger partial charge in [0, 0.05) is 17.6 Å². The molecule has 4 aromatic rings. The molecule has 0 saturated carbocycles. The molecule has 1 atom stereocenters. The van der Waals surface area contributed by atoms with E-state index in [1.807, 2.05) is 6.07 Å². The van der Waals surface area contributed by atoms with E-state index in [1.54, 1.807) is 85.4 Å². The van der Waals surface area contributed by atoms with Crippen molar-refractivity contribution in [2.45, 2.75) is 30.6 Å². The summed E-state index contributed by atoms with van der Waals surface area (Å²) in [5.41, 5.74) is 2.00. The van der Waals surface area contributed by atoms with Crippen LogP contribution in [0, 0.1) is 6.92 Å². The number of benzene rings is 3. The minimum Gasteiger partial charge on any atom is -0.449 e.